The van der Waals surface area contributed by atoms with E-state index < -0.39 is 75.7 Å². The van der Waals surface area contributed by atoms with Crippen molar-refractivity contribution >= 4 is 19.8 Å². The van der Waals surface area contributed by atoms with E-state index in [2.05, 4.69) is 26.0 Å². The lowest BCUT2D eigenvalue weighted by Gasteiger charge is -2.41. The van der Waals surface area contributed by atoms with Crippen molar-refractivity contribution in [2.75, 3.05) is 13.2 Å². The number of rotatable bonds is 33. The monoisotopic (exact) mass is 780 g/mol. The van der Waals surface area contributed by atoms with Gasteiger partial charge in [-0.3, -0.25) is 18.6 Å². The second kappa shape index (κ2) is 30.8. The second-order valence-electron chi connectivity index (χ2n) is 14.5. The standard InChI is InChI=1S/C39H73O13P/c1-3-5-7-9-11-13-15-17-19-21-23-25-27-32(40)49-29-31(51-33(41)28-26-24-22-20-18-16-14-12-10-8-6-4-2)30-50-53(47,48)52-39-37(45)35(43)34(42)36(44)38(39)46/h12,14,31,34-39,42-46H,3-11,13,15-30H2,1-2H3,(H,47,48)/b14-12-. The van der Waals surface area contributed by atoms with Crippen LogP contribution in [-0.4, -0.2) is 98.3 Å². The van der Waals surface area contributed by atoms with E-state index in [4.69, 9.17) is 18.5 Å². The Hall–Kier alpha value is -1.41. The van der Waals surface area contributed by atoms with Gasteiger partial charge in [-0.15, -0.1) is 0 Å². The minimum absolute atomic E-state index is 0.0898. The highest BCUT2D eigenvalue weighted by atomic mass is 31.2. The first kappa shape index (κ1) is 49.6. The quantitative estimate of drug-likeness (QED) is 0.0177. The third-order valence-electron chi connectivity index (χ3n) is 9.61. The summed E-state index contributed by atoms with van der Waals surface area (Å²) in [6.45, 7) is 3.24. The van der Waals surface area contributed by atoms with Crippen molar-refractivity contribution in [3.63, 3.8) is 0 Å². The lowest BCUT2D eigenvalue weighted by Crippen LogP contribution is -2.64. The maximum atomic E-state index is 12.7. The molecule has 53 heavy (non-hydrogen) atoms. The molecular weight excluding hydrogens is 707 g/mol. The van der Waals surface area contributed by atoms with Crippen LogP contribution >= 0.6 is 7.82 Å². The Balaban J connectivity index is 2.53. The van der Waals surface area contributed by atoms with Crippen LogP contribution in [0.25, 0.3) is 0 Å². The number of phosphoric acid groups is 1. The summed E-state index contributed by atoms with van der Waals surface area (Å²) in [6, 6.07) is 0. The molecule has 0 aliphatic heterocycles. The molecule has 0 spiro atoms. The normalized spacial score (nSPS) is 23.5. The Labute approximate surface area is 318 Å². The minimum Gasteiger partial charge on any atom is -0.462 e. The van der Waals surface area contributed by atoms with E-state index in [1.54, 1.807) is 0 Å². The molecule has 1 saturated carbocycles. The molecule has 0 heterocycles. The van der Waals surface area contributed by atoms with Crippen molar-refractivity contribution in [1.82, 2.24) is 0 Å². The van der Waals surface area contributed by atoms with E-state index in [1.807, 2.05) is 0 Å². The lowest BCUT2D eigenvalue weighted by atomic mass is 9.85. The van der Waals surface area contributed by atoms with Crippen molar-refractivity contribution in [2.45, 2.75) is 211 Å². The van der Waals surface area contributed by atoms with Crippen LogP contribution in [0.5, 0.6) is 0 Å². The largest absolute Gasteiger partial charge is 0.472 e. The van der Waals surface area contributed by atoms with Crippen LogP contribution in [0, 0.1) is 0 Å². The molecule has 0 amide bonds. The number of aliphatic hydroxyl groups excluding tert-OH is 5. The fraction of sp³-hybridized carbons (Fsp3) is 0.897. The van der Waals surface area contributed by atoms with Gasteiger partial charge in [-0.05, 0) is 38.5 Å². The van der Waals surface area contributed by atoms with E-state index in [-0.39, 0.29) is 12.8 Å². The van der Waals surface area contributed by atoms with Gasteiger partial charge in [0, 0.05) is 12.8 Å². The SMILES string of the molecule is CCCCC/C=C\CCCCCCCC(=O)OC(COC(=O)CCCCCCCCCCCCCC)COP(=O)(O)OC1C(O)C(O)C(O)C(O)C1O. The smallest absolute Gasteiger partial charge is 0.462 e. The van der Waals surface area contributed by atoms with Crippen LogP contribution in [-0.2, 0) is 32.7 Å². The topological polar surface area (TPSA) is 210 Å². The summed E-state index contributed by atoms with van der Waals surface area (Å²) in [4.78, 5) is 35.5. The fourth-order valence-electron chi connectivity index (χ4n) is 6.22. The molecule has 6 atom stereocenters. The molecule has 6 N–H and O–H groups in total. The molecule has 14 heteroatoms. The van der Waals surface area contributed by atoms with Crippen LogP contribution in [0.1, 0.15) is 168 Å². The molecule has 1 rings (SSSR count). The van der Waals surface area contributed by atoms with Gasteiger partial charge in [-0.25, -0.2) is 4.57 Å². The fourth-order valence-corrected chi connectivity index (χ4v) is 7.19. The zero-order valence-electron chi connectivity index (χ0n) is 32.6. The highest BCUT2D eigenvalue weighted by Gasteiger charge is 2.51. The summed E-state index contributed by atoms with van der Waals surface area (Å²) in [5, 5.41) is 49.9. The Kier molecular flexibility index (Phi) is 28.8. The van der Waals surface area contributed by atoms with Gasteiger partial charge >= 0.3 is 19.8 Å². The molecule has 0 radical (unpaired) electrons. The number of esters is 2. The molecule has 0 aromatic rings. The summed E-state index contributed by atoms with van der Waals surface area (Å²) in [6.07, 6.45) is 15.7. The summed E-state index contributed by atoms with van der Waals surface area (Å²) in [7, 11) is -5.11. The van der Waals surface area contributed by atoms with E-state index in [0.29, 0.717) is 12.8 Å². The molecule has 1 aliphatic rings. The first-order chi connectivity index (χ1) is 25.4. The molecule has 0 saturated heterocycles. The molecular formula is C39H73O13P. The molecule has 0 aromatic carbocycles. The summed E-state index contributed by atoms with van der Waals surface area (Å²) >= 11 is 0. The number of ether oxygens (including phenoxy) is 2. The van der Waals surface area contributed by atoms with Gasteiger partial charge < -0.3 is 39.9 Å². The molecule has 13 nitrogen and oxygen atoms in total. The van der Waals surface area contributed by atoms with Gasteiger partial charge in [0.2, 0.25) is 0 Å². The van der Waals surface area contributed by atoms with Crippen molar-refractivity contribution in [3.05, 3.63) is 12.2 Å². The summed E-state index contributed by atoms with van der Waals surface area (Å²) in [5.41, 5.74) is 0. The maximum absolute atomic E-state index is 12.7. The van der Waals surface area contributed by atoms with Crippen LogP contribution in [0.15, 0.2) is 12.2 Å². The first-order valence-corrected chi connectivity index (χ1v) is 22.0. The van der Waals surface area contributed by atoms with Gasteiger partial charge in [-0.2, -0.15) is 0 Å². The van der Waals surface area contributed by atoms with E-state index >= 15 is 0 Å². The predicted octanol–water partition coefficient (Wildman–Crippen LogP) is 6.72. The average molecular weight is 781 g/mol. The lowest BCUT2D eigenvalue weighted by molar-refractivity contribution is -0.220. The number of aliphatic hydroxyl groups is 5. The number of hydrogen-bond donors (Lipinski definition) is 6. The minimum atomic E-state index is -5.11. The number of hydrogen-bond acceptors (Lipinski definition) is 12. The Morgan fingerprint density at radius 1 is 0.566 bits per heavy atom. The summed E-state index contributed by atoms with van der Waals surface area (Å²) in [5.74, 6) is -1.11. The van der Waals surface area contributed by atoms with Gasteiger partial charge in [0.1, 0.15) is 43.2 Å². The highest BCUT2D eigenvalue weighted by Crippen LogP contribution is 2.47. The van der Waals surface area contributed by atoms with Crippen molar-refractivity contribution in [2.24, 2.45) is 0 Å². The van der Waals surface area contributed by atoms with Crippen LogP contribution in [0.4, 0.5) is 0 Å². The van der Waals surface area contributed by atoms with Crippen molar-refractivity contribution < 1.29 is 63.1 Å². The van der Waals surface area contributed by atoms with Gasteiger partial charge in [0.25, 0.3) is 0 Å². The Morgan fingerprint density at radius 2 is 0.962 bits per heavy atom. The maximum Gasteiger partial charge on any atom is 0.472 e. The van der Waals surface area contributed by atoms with Crippen LogP contribution < -0.4 is 0 Å². The molecule has 0 aromatic heterocycles. The van der Waals surface area contributed by atoms with E-state index in [9.17, 15) is 44.6 Å². The molecule has 0 bridgehead atoms. The van der Waals surface area contributed by atoms with Gasteiger partial charge in [-0.1, -0.05) is 129 Å². The van der Waals surface area contributed by atoms with Gasteiger partial charge in [0.05, 0.1) is 6.61 Å². The number of carbonyl (C=O) groups excluding carboxylic acids is 2. The van der Waals surface area contributed by atoms with E-state index in [0.717, 1.165) is 57.8 Å². The Bertz CT molecular complexity index is 996. The summed E-state index contributed by atoms with van der Waals surface area (Å²) < 4.78 is 33.3. The third kappa shape index (κ3) is 24.0. The molecule has 1 aliphatic carbocycles. The number of carbonyl (C=O) groups is 2. The molecule has 1 fully saturated rings. The average Bonchev–Trinajstić information content (AvgIpc) is 3.13. The second-order valence-corrected chi connectivity index (χ2v) is 15.9. The van der Waals surface area contributed by atoms with Crippen molar-refractivity contribution in [1.29, 1.82) is 0 Å². The third-order valence-corrected chi connectivity index (χ3v) is 10.6. The first-order valence-electron chi connectivity index (χ1n) is 20.5. The Morgan fingerprint density at radius 3 is 1.47 bits per heavy atom. The van der Waals surface area contributed by atoms with Gasteiger partial charge in [0.15, 0.2) is 6.10 Å². The number of phosphoric ester groups is 1. The zero-order chi connectivity index (χ0) is 39.3. The van der Waals surface area contributed by atoms with Crippen molar-refractivity contribution in [3.8, 4) is 0 Å². The predicted molar refractivity (Wildman–Crippen MR) is 203 cm³/mol. The van der Waals surface area contributed by atoms with E-state index in [1.165, 1.54) is 70.6 Å². The molecule has 312 valence electrons. The van der Waals surface area contributed by atoms with Crippen LogP contribution in [0.2, 0.25) is 0 Å². The highest BCUT2D eigenvalue weighted by molar-refractivity contribution is 7.47. The zero-order valence-corrected chi connectivity index (χ0v) is 33.5. The molecule has 6 unspecified atom stereocenters. The number of unbranched alkanes of at least 4 members (excludes halogenated alkanes) is 19. The number of allylic oxidation sites excluding steroid dienone is 2. The van der Waals surface area contributed by atoms with Crippen LogP contribution in [0.3, 0.4) is 0 Å².